The quantitative estimate of drug-likeness (QED) is 0.253. The molecule has 2 N–H and O–H groups in total. The molecule has 0 saturated carbocycles. The van der Waals surface area contributed by atoms with Crippen LogP contribution in [0.5, 0.6) is 5.75 Å². The molecule has 0 spiro atoms. The lowest BCUT2D eigenvalue weighted by Gasteiger charge is -2.07. The van der Waals surface area contributed by atoms with Gasteiger partial charge in [0, 0.05) is 17.7 Å². The van der Waals surface area contributed by atoms with Gasteiger partial charge in [-0.05, 0) is 44.2 Å². The van der Waals surface area contributed by atoms with Crippen LogP contribution in [0.3, 0.4) is 0 Å². The molecule has 0 aromatic heterocycles. The van der Waals surface area contributed by atoms with Crippen molar-refractivity contribution in [3.63, 3.8) is 0 Å². The number of nitro groups is 1. The fourth-order valence-corrected chi connectivity index (χ4v) is 2.30. The smallest absolute Gasteiger partial charge is 0.296 e. The van der Waals surface area contributed by atoms with Crippen molar-refractivity contribution < 1.29 is 24.4 Å². The maximum absolute atomic E-state index is 12.0. The average molecular weight is 370 g/mol. The standard InChI is InChI=1S/C19H18N2O6/c1-3-27-14-9-7-13(8-10-14)17(22)11-18(23)19(24)20-15-5-4-6-16(12(15)2)21(25)26/h4-11,22H,3H2,1-2H3,(H,20,24). The van der Waals surface area contributed by atoms with Crippen molar-refractivity contribution in [2.45, 2.75) is 13.8 Å². The number of carbonyl (C=O) groups excluding carboxylic acids is 2. The van der Waals surface area contributed by atoms with E-state index in [1.165, 1.54) is 25.1 Å². The molecule has 0 bridgehead atoms. The molecular weight excluding hydrogens is 352 g/mol. The average Bonchev–Trinajstić information content (AvgIpc) is 2.63. The van der Waals surface area contributed by atoms with Crippen LogP contribution in [0, 0.1) is 17.0 Å². The summed E-state index contributed by atoms with van der Waals surface area (Å²) in [6, 6.07) is 10.5. The second-order valence-electron chi connectivity index (χ2n) is 5.51. The second-order valence-corrected chi connectivity index (χ2v) is 5.51. The van der Waals surface area contributed by atoms with Crippen LogP contribution in [0.4, 0.5) is 11.4 Å². The van der Waals surface area contributed by atoms with E-state index >= 15 is 0 Å². The van der Waals surface area contributed by atoms with Crippen LogP contribution >= 0.6 is 0 Å². The summed E-state index contributed by atoms with van der Waals surface area (Å²) in [5.41, 5.74) is 0.541. The van der Waals surface area contributed by atoms with Gasteiger partial charge >= 0.3 is 0 Å². The van der Waals surface area contributed by atoms with Crippen molar-refractivity contribution in [2.24, 2.45) is 0 Å². The number of anilines is 1. The monoisotopic (exact) mass is 370 g/mol. The highest BCUT2D eigenvalue weighted by Gasteiger charge is 2.18. The first-order valence-electron chi connectivity index (χ1n) is 8.06. The summed E-state index contributed by atoms with van der Waals surface area (Å²) in [6.07, 6.45) is 0.789. The van der Waals surface area contributed by atoms with Gasteiger partial charge in [-0.25, -0.2) is 0 Å². The van der Waals surface area contributed by atoms with Crippen LogP contribution in [-0.4, -0.2) is 28.3 Å². The van der Waals surface area contributed by atoms with Gasteiger partial charge in [0.15, 0.2) is 0 Å². The Bertz CT molecular complexity index is 903. The SMILES string of the molecule is CCOc1ccc(C(O)=CC(=O)C(=O)Nc2cccc([N+](=O)[O-])c2C)cc1. The van der Waals surface area contributed by atoms with Gasteiger partial charge in [-0.15, -0.1) is 0 Å². The number of nitro benzene ring substituents is 1. The van der Waals surface area contributed by atoms with Gasteiger partial charge in [-0.1, -0.05) is 6.07 Å². The van der Waals surface area contributed by atoms with Crippen molar-refractivity contribution in [3.8, 4) is 5.75 Å². The lowest BCUT2D eigenvalue weighted by atomic mass is 10.1. The van der Waals surface area contributed by atoms with E-state index < -0.39 is 16.6 Å². The number of rotatable bonds is 7. The summed E-state index contributed by atoms with van der Waals surface area (Å²) < 4.78 is 5.28. The molecule has 2 aromatic carbocycles. The number of aliphatic hydroxyl groups excluding tert-OH is 1. The Labute approximate surface area is 155 Å². The van der Waals surface area contributed by atoms with Crippen LogP contribution in [0.25, 0.3) is 5.76 Å². The number of ether oxygens (including phenoxy) is 1. The van der Waals surface area contributed by atoms with Crippen molar-refractivity contribution >= 4 is 28.8 Å². The van der Waals surface area contributed by atoms with E-state index in [1.807, 2.05) is 6.92 Å². The molecule has 0 radical (unpaired) electrons. The number of benzene rings is 2. The summed E-state index contributed by atoms with van der Waals surface area (Å²) in [5, 5.41) is 23.3. The summed E-state index contributed by atoms with van der Waals surface area (Å²) in [7, 11) is 0. The molecule has 27 heavy (non-hydrogen) atoms. The number of nitrogens with zero attached hydrogens (tertiary/aromatic N) is 1. The fraction of sp³-hybridized carbons (Fsp3) is 0.158. The lowest BCUT2D eigenvalue weighted by molar-refractivity contribution is -0.385. The van der Waals surface area contributed by atoms with Crippen molar-refractivity contribution in [1.29, 1.82) is 0 Å². The van der Waals surface area contributed by atoms with E-state index in [9.17, 15) is 24.8 Å². The maximum atomic E-state index is 12.0. The summed E-state index contributed by atoms with van der Waals surface area (Å²) >= 11 is 0. The zero-order valence-electron chi connectivity index (χ0n) is 14.8. The number of hydrogen-bond donors (Lipinski definition) is 2. The van der Waals surface area contributed by atoms with Crippen molar-refractivity contribution in [2.75, 3.05) is 11.9 Å². The van der Waals surface area contributed by atoms with Gasteiger partial charge in [0.2, 0.25) is 5.78 Å². The summed E-state index contributed by atoms with van der Waals surface area (Å²) in [4.78, 5) is 34.4. The molecule has 0 aliphatic rings. The van der Waals surface area contributed by atoms with E-state index in [1.54, 1.807) is 24.3 Å². The fourth-order valence-electron chi connectivity index (χ4n) is 2.30. The Morgan fingerprint density at radius 3 is 2.48 bits per heavy atom. The van der Waals surface area contributed by atoms with E-state index in [4.69, 9.17) is 4.74 Å². The third kappa shape index (κ3) is 4.91. The summed E-state index contributed by atoms with van der Waals surface area (Å²) in [6.45, 7) is 3.80. The topological polar surface area (TPSA) is 119 Å². The number of carbonyl (C=O) groups is 2. The van der Waals surface area contributed by atoms with Gasteiger partial charge in [-0.2, -0.15) is 0 Å². The highest BCUT2D eigenvalue weighted by Crippen LogP contribution is 2.25. The second kappa shape index (κ2) is 8.61. The molecular formula is C19H18N2O6. The first-order valence-corrected chi connectivity index (χ1v) is 8.06. The Morgan fingerprint density at radius 2 is 1.89 bits per heavy atom. The third-order valence-corrected chi connectivity index (χ3v) is 3.70. The van der Waals surface area contributed by atoms with Crippen LogP contribution in [0.1, 0.15) is 18.1 Å². The van der Waals surface area contributed by atoms with Crippen LogP contribution in [-0.2, 0) is 9.59 Å². The predicted octanol–water partition coefficient (Wildman–Crippen LogP) is 3.41. The normalized spacial score (nSPS) is 11.0. The van der Waals surface area contributed by atoms with Gasteiger partial charge < -0.3 is 15.2 Å². The Balaban J connectivity index is 2.13. The van der Waals surface area contributed by atoms with E-state index in [-0.39, 0.29) is 22.7 Å². The van der Waals surface area contributed by atoms with Crippen molar-refractivity contribution in [1.82, 2.24) is 0 Å². The molecule has 0 fully saturated rings. The molecule has 0 aliphatic carbocycles. The molecule has 140 valence electrons. The molecule has 0 aliphatic heterocycles. The van der Waals surface area contributed by atoms with Gasteiger partial charge in [-0.3, -0.25) is 19.7 Å². The minimum absolute atomic E-state index is 0.150. The highest BCUT2D eigenvalue weighted by molar-refractivity contribution is 6.45. The minimum Gasteiger partial charge on any atom is -0.507 e. The zero-order valence-corrected chi connectivity index (χ0v) is 14.8. The number of ketones is 1. The Kier molecular flexibility index (Phi) is 6.27. The van der Waals surface area contributed by atoms with Gasteiger partial charge in [0.25, 0.3) is 11.6 Å². The molecule has 0 atom stereocenters. The molecule has 2 rings (SSSR count). The molecule has 0 saturated heterocycles. The number of amides is 1. The summed E-state index contributed by atoms with van der Waals surface area (Å²) in [5.74, 6) is -1.78. The minimum atomic E-state index is -1.02. The lowest BCUT2D eigenvalue weighted by Crippen LogP contribution is -2.21. The number of aliphatic hydroxyl groups is 1. The van der Waals surface area contributed by atoms with Crippen molar-refractivity contribution in [3.05, 3.63) is 69.8 Å². The molecule has 2 aromatic rings. The van der Waals surface area contributed by atoms with Gasteiger partial charge in [0.05, 0.1) is 22.8 Å². The highest BCUT2D eigenvalue weighted by atomic mass is 16.6. The Morgan fingerprint density at radius 1 is 1.22 bits per heavy atom. The number of hydrogen-bond acceptors (Lipinski definition) is 6. The molecule has 1 amide bonds. The number of nitrogens with one attached hydrogen (secondary N) is 1. The largest absolute Gasteiger partial charge is 0.507 e. The van der Waals surface area contributed by atoms with E-state index in [0.717, 1.165) is 6.08 Å². The first-order chi connectivity index (χ1) is 12.8. The Hall–Kier alpha value is -3.68. The van der Waals surface area contributed by atoms with Crippen LogP contribution in [0.2, 0.25) is 0 Å². The molecule has 8 heteroatoms. The first kappa shape index (κ1) is 19.6. The van der Waals surface area contributed by atoms with E-state index in [2.05, 4.69) is 5.32 Å². The van der Waals surface area contributed by atoms with Crippen LogP contribution < -0.4 is 10.1 Å². The zero-order chi connectivity index (χ0) is 20.0. The molecule has 0 unspecified atom stereocenters. The third-order valence-electron chi connectivity index (χ3n) is 3.70. The maximum Gasteiger partial charge on any atom is 0.296 e. The molecule has 0 heterocycles. The van der Waals surface area contributed by atoms with E-state index in [0.29, 0.717) is 17.9 Å². The van der Waals surface area contributed by atoms with Gasteiger partial charge in [0.1, 0.15) is 11.5 Å². The van der Waals surface area contributed by atoms with Crippen LogP contribution in [0.15, 0.2) is 48.5 Å². The predicted molar refractivity (Wildman–Crippen MR) is 99.7 cm³/mol. The molecule has 8 nitrogen and oxygen atoms in total.